The molecule has 0 aliphatic rings. The Morgan fingerprint density at radius 3 is 2.65 bits per heavy atom. The van der Waals surface area contributed by atoms with E-state index in [4.69, 9.17) is 5.73 Å². The summed E-state index contributed by atoms with van der Waals surface area (Å²) in [6.07, 6.45) is -4.18. The summed E-state index contributed by atoms with van der Waals surface area (Å²) in [4.78, 5) is 11.6. The Labute approximate surface area is 95.8 Å². The van der Waals surface area contributed by atoms with Gasteiger partial charge in [0.05, 0.1) is 12.6 Å². The van der Waals surface area contributed by atoms with Crippen LogP contribution in [0.5, 0.6) is 0 Å². The number of aryl methyl sites for hydroxylation is 1. The first-order chi connectivity index (χ1) is 7.70. The van der Waals surface area contributed by atoms with Gasteiger partial charge in [0, 0.05) is 13.1 Å². The number of aromatic nitrogens is 2. The maximum atomic E-state index is 12.0. The van der Waals surface area contributed by atoms with Gasteiger partial charge >= 0.3 is 6.18 Å². The molecule has 96 valence electrons. The van der Waals surface area contributed by atoms with Gasteiger partial charge in [-0.2, -0.15) is 18.3 Å². The van der Waals surface area contributed by atoms with Crippen molar-refractivity contribution in [1.29, 1.82) is 0 Å². The summed E-state index contributed by atoms with van der Waals surface area (Å²) in [6, 6.07) is -1.01. The van der Waals surface area contributed by atoms with Gasteiger partial charge < -0.3 is 11.1 Å². The van der Waals surface area contributed by atoms with Gasteiger partial charge in [-0.3, -0.25) is 9.48 Å². The SMILES string of the molecule is CC(CC(F)(F)F)NC(=O)c1cnn(C)c1N. The molecule has 0 fully saturated rings. The number of carbonyl (C=O) groups is 1. The lowest BCUT2D eigenvalue weighted by molar-refractivity contribution is -0.138. The quantitative estimate of drug-likeness (QED) is 0.842. The molecule has 0 bridgehead atoms. The van der Waals surface area contributed by atoms with Crippen LogP contribution in [-0.2, 0) is 7.05 Å². The normalized spacial score (nSPS) is 13.5. The van der Waals surface area contributed by atoms with Gasteiger partial charge in [0.15, 0.2) is 0 Å². The number of hydrogen-bond donors (Lipinski definition) is 2. The monoisotopic (exact) mass is 250 g/mol. The predicted molar refractivity (Wildman–Crippen MR) is 55.2 cm³/mol. The topological polar surface area (TPSA) is 72.9 Å². The smallest absolute Gasteiger partial charge is 0.383 e. The van der Waals surface area contributed by atoms with E-state index in [0.29, 0.717) is 0 Å². The van der Waals surface area contributed by atoms with Gasteiger partial charge in [0.1, 0.15) is 11.4 Å². The van der Waals surface area contributed by atoms with Crippen molar-refractivity contribution in [1.82, 2.24) is 15.1 Å². The third kappa shape index (κ3) is 3.65. The van der Waals surface area contributed by atoms with Gasteiger partial charge in [-0.1, -0.05) is 0 Å². The van der Waals surface area contributed by atoms with E-state index in [1.807, 2.05) is 0 Å². The molecule has 0 aromatic carbocycles. The second-order valence-electron chi connectivity index (χ2n) is 3.76. The Hall–Kier alpha value is -1.73. The van der Waals surface area contributed by atoms with Crippen molar-refractivity contribution in [2.24, 2.45) is 7.05 Å². The Balaban J connectivity index is 2.64. The number of anilines is 1. The summed E-state index contributed by atoms with van der Waals surface area (Å²) in [6.45, 7) is 1.28. The first-order valence-corrected chi connectivity index (χ1v) is 4.86. The second-order valence-corrected chi connectivity index (χ2v) is 3.76. The van der Waals surface area contributed by atoms with Gasteiger partial charge in [-0.25, -0.2) is 0 Å². The van der Waals surface area contributed by atoms with Crippen LogP contribution in [0.4, 0.5) is 19.0 Å². The minimum absolute atomic E-state index is 0.0709. The summed E-state index contributed by atoms with van der Waals surface area (Å²) >= 11 is 0. The molecule has 3 N–H and O–H groups in total. The largest absolute Gasteiger partial charge is 0.391 e. The average Bonchev–Trinajstić information content (AvgIpc) is 2.44. The number of carbonyl (C=O) groups excluding carboxylic acids is 1. The van der Waals surface area contributed by atoms with Crippen LogP contribution < -0.4 is 11.1 Å². The number of nitrogens with two attached hydrogens (primary N) is 1. The Kier molecular flexibility index (Phi) is 3.64. The Morgan fingerprint density at radius 2 is 2.24 bits per heavy atom. The molecule has 0 aliphatic heterocycles. The number of alkyl halides is 3. The molecule has 1 atom stereocenters. The fourth-order valence-electron chi connectivity index (χ4n) is 1.32. The van der Waals surface area contributed by atoms with Crippen molar-refractivity contribution in [2.45, 2.75) is 25.6 Å². The summed E-state index contributed by atoms with van der Waals surface area (Å²) in [7, 11) is 1.53. The zero-order chi connectivity index (χ0) is 13.2. The van der Waals surface area contributed by atoms with Crippen LogP contribution >= 0.6 is 0 Å². The maximum absolute atomic E-state index is 12.0. The third-order valence-electron chi connectivity index (χ3n) is 2.14. The number of nitrogens with one attached hydrogen (secondary N) is 1. The number of amides is 1. The first-order valence-electron chi connectivity index (χ1n) is 4.86. The highest BCUT2D eigenvalue weighted by Gasteiger charge is 2.31. The fourth-order valence-corrected chi connectivity index (χ4v) is 1.32. The summed E-state index contributed by atoms with van der Waals surface area (Å²) in [5, 5.41) is 5.94. The molecule has 0 saturated heterocycles. The summed E-state index contributed by atoms with van der Waals surface area (Å²) in [5.74, 6) is -0.547. The molecule has 5 nitrogen and oxygen atoms in total. The van der Waals surface area contributed by atoms with E-state index in [-0.39, 0.29) is 11.4 Å². The number of nitrogen functional groups attached to an aromatic ring is 1. The lowest BCUT2D eigenvalue weighted by atomic mass is 10.2. The zero-order valence-corrected chi connectivity index (χ0v) is 9.38. The van der Waals surface area contributed by atoms with Crippen molar-refractivity contribution in [3.63, 3.8) is 0 Å². The highest BCUT2D eigenvalue weighted by atomic mass is 19.4. The summed E-state index contributed by atoms with van der Waals surface area (Å²) < 4.78 is 37.4. The lowest BCUT2D eigenvalue weighted by Crippen LogP contribution is -2.36. The van der Waals surface area contributed by atoms with E-state index in [1.165, 1.54) is 24.9 Å². The number of hydrogen-bond acceptors (Lipinski definition) is 3. The number of halogens is 3. The van der Waals surface area contributed by atoms with Crippen molar-refractivity contribution in [3.05, 3.63) is 11.8 Å². The van der Waals surface area contributed by atoms with Crippen molar-refractivity contribution in [3.8, 4) is 0 Å². The molecule has 0 aliphatic carbocycles. The lowest BCUT2D eigenvalue weighted by Gasteiger charge is -2.15. The van der Waals surface area contributed by atoms with E-state index in [9.17, 15) is 18.0 Å². The van der Waals surface area contributed by atoms with Gasteiger partial charge in [-0.15, -0.1) is 0 Å². The van der Waals surface area contributed by atoms with Gasteiger partial charge in [0.2, 0.25) is 0 Å². The van der Waals surface area contributed by atoms with Crippen molar-refractivity contribution < 1.29 is 18.0 Å². The standard InChI is InChI=1S/C9H13F3N4O/c1-5(3-9(10,11)12)15-8(17)6-4-14-16(2)7(6)13/h4-5H,3,13H2,1-2H3,(H,15,17). The van der Waals surface area contributed by atoms with E-state index in [2.05, 4.69) is 10.4 Å². The first kappa shape index (κ1) is 13.3. The number of rotatable bonds is 3. The van der Waals surface area contributed by atoms with Crippen molar-refractivity contribution >= 4 is 11.7 Å². The molecular weight excluding hydrogens is 237 g/mol. The molecule has 1 rings (SSSR count). The minimum Gasteiger partial charge on any atom is -0.383 e. The van der Waals surface area contributed by atoms with Gasteiger partial charge in [0.25, 0.3) is 5.91 Å². The minimum atomic E-state index is -4.31. The van der Waals surface area contributed by atoms with E-state index in [1.54, 1.807) is 0 Å². The Morgan fingerprint density at radius 1 is 1.65 bits per heavy atom. The molecule has 8 heteroatoms. The van der Waals surface area contributed by atoms with Crippen LogP contribution in [0.3, 0.4) is 0 Å². The molecule has 1 heterocycles. The van der Waals surface area contributed by atoms with Crippen LogP contribution in [0, 0.1) is 0 Å². The van der Waals surface area contributed by atoms with Crippen LogP contribution in [0.1, 0.15) is 23.7 Å². The van der Waals surface area contributed by atoms with Crippen LogP contribution in [0.15, 0.2) is 6.20 Å². The average molecular weight is 250 g/mol. The molecule has 1 aromatic heterocycles. The van der Waals surface area contributed by atoms with Crippen molar-refractivity contribution in [2.75, 3.05) is 5.73 Å². The highest BCUT2D eigenvalue weighted by Crippen LogP contribution is 2.21. The van der Waals surface area contributed by atoms with Gasteiger partial charge in [-0.05, 0) is 6.92 Å². The molecule has 1 aromatic rings. The van der Waals surface area contributed by atoms with Crippen LogP contribution in [0.2, 0.25) is 0 Å². The second kappa shape index (κ2) is 4.64. The molecule has 1 unspecified atom stereocenters. The van der Waals surface area contributed by atoms with E-state index >= 15 is 0 Å². The molecule has 0 saturated carbocycles. The van der Waals surface area contributed by atoms with Crippen LogP contribution in [-0.4, -0.2) is 27.9 Å². The van der Waals surface area contributed by atoms with Crippen LogP contribution in [0.25, 0.3) is 0 Å². The maximum Gasteiger partial charge on any atom is 0.391 e. The Bertz CT molecular complexity index is 413. The highest BCUT2D eigenvalue weighted by molar-refractivity contribution is 5.98. The summed E-state index contributed by atoms with van der Waals surface area (Å²) in [5.41, 5.74) is 5.59. The molecular formula is C9H13F3N4O. The third-order valence-corrected chi connectivity index (χ3v) is 2.14. The van der Waals surface area contributed by atoms with E-state index in [0.717, 1.165) is 0 Å². The molecule has 17 heavy (non-hydrogen) atoms. The fraction of sp³-hybridized carbons (Fsp3) is 0.556. The predicted octanol–water partition coefficient (Wildman–Crippen LogP) is 1.07. The number of nitrogens with zero attached hydrogens (tertiary/aromatic N) is 2. The molecule has 1 amide bonds. The molecule has 0 radical (unpaired) electrons. The van der Waals surface area contributed by atoms with E-state index < -0.39 is 24.5 Å². The molecule has 0 spiro atoms. The zero-order valence-electron chi connectivity index (χ0n) is 9.38.